The summed E-state index contributed by atoms with van der Waals surface area (Å²) >= 11 is 0. The van der Waals surface area contributed by atoms with E-state index in [0.717, 1.165) is 30.9 Å². The van der Waals surface area contributed by atoms with Gasteiger partial charge in [0.25, 0.3) is 0 Å². The number of nitrogens with zero attached hydrogens (tertiary/aromatic N) is 1. The van der Waals surface area contributed by atoms with Crippen molar-refractivity contribution in [3.8, 4) is 6.07 Å². The SMILES string of the molecule is Cc1cc(C#N)ccc1CNC1(CO)CCC(C)CC1. The van der Waals surface area contributed by atoms with Crippen molar-refractivity contribution >= 4 is 0 Å². The summed E-state index contributed by atoms with van der Waals surface area (Å²) in [5.74, 6) is 0.771. The molecule has 1 fully saturated rings. The van der Waals surface area contributed by atoms with Gasteiger partial charge in [0.05, 0.1) is 18.2 Å². The van der Waals surface area contributed by atoms with Crippen LogP contribution in [0.5, 0.6) is 0 Å². The highest BCUT2D eigenvalue weighted by Gasteiger charge is 2.32. The first-order valence-corrected chi connectivity index (χ1v) is 7.44. The van der Waals surface area contributed by atoms with E-state index in [-0.39, 0.29) is 12.1 Å². The fraction of sp³-hybridized carbons (Fsp3) is 0.588. The topological polar surface area (TPSA) is 56.0 Å². The summed E-state index contributed by atoms with van der Waals surface area (Å²) in [6.45, 7) is 5.28. The number of nitrogens with one attached hydrogen (secondary N) is 1. The predicted molar refractivity (Wildman–Crippen MR) is 80.2 cm³/mol. The molecule has 1 aromatic carbocycles. The molecule has 2 N–H and O–H groups in total. The van der Waals surface area contributed by atoms with E-state index in [1.807, 2.05) is 25.1 Å². The lowest BCUT2D eigenvalue weighted by Crippen LogP contribution is -2.50. The van der Waals surface area contributed by atoms with Crippen LogP contribution in [-0.4, -0.2) is 17.3 Å². The molecule has 0 heterocycles. The zero-order valence-corrected chi connectivity index (χ0v) is 12.4. The summed E-state index contributed by atoms with van der Waals surface area (Å²) in [6, 6.07) is 7.96. The Labute approximate surface area is 121 Å². The van der Waals surface area contributed by atoms with Gasteiger partial charge in [0.2, 0.25) is 0 Å². The van der Waals surface area contributed by atoms with Crippen molar-refractivity contribution < 1.29 is 5.11 Å². The van der Waals surface area contributed by atoms with Crippen molar-refractivity contribution in [1.82, 2.24) is 5.32 Å². The third-order valence-corrected chi connectivity index (χ3v) is 4.66. The van der Waals surface area contributed by atoms with Crippen LogP contribution in [0.1, 0.15) is 49.3 Å². The minimum Gasteiger partial charge on any atom is -0.394 e. The van der Waals surface area contributed by atoms with Gasteiger partial charge in [0.1, 0.15) is 0 Å². The number of hydrogen-bond donors (Lipinski definition) is 2. The van der Waals surface area contributed by atoms with Crippen LogP contribution in [0, 0.1) is 24.2 Å². The molecule has 0 bridgehead atoms. The largest absolute Gasteiger partial charge is 0.394 e. The quantitative estimate of drug-likeness (QED) is 0.886. The van der Waals surface area contributed by atoms with E-state index < -0.39 is 0 Å². The maximum Gasteiger partial charge on any atom is 0.0991 e. The molecule has 1 saturated carbocycles. The molecule has 3 heteroatoms. The summed E-state index contributed by atoms with van der Waals surface area (Å²) < 4.78 is 0. The van der Waals surface area contributed by atoms with Crippen molar-refractivity contribution in [2.45, 2.75) is 51.6 Å². The van der Waals surface area contributed by atoms with Crippen LogP contribution < -0.4 is 5.32 Å². The first kappa shape index (κ1) is 15.0. The fourth-order valence-electron chi connectivity index (χ4n) is 2.95. The highest BCUT2D eigenvalue weighted by atomic mass is 16.3. The molecule has 0 spiro atoms. The van der Waals surface area contributed by atoms with E-state index in [4.69, 9.17) is 5.26 Å². The van der Waals surface area contributed by atoms with Gasteiger partial charge in [-0.25, -0.2) is 0 Å². The van der Waals surface area contributed by atoms with Crippen LogP contribution in [0.25, 0.3) is 0 Å². The summed E-state index contributed by atoms with van der Waals surface area (Å²) in [4.78, 5) is 0. The molecule has 1 aliphatic carbocycles. The Bertz CT molecular complexity index is 496. The second kappa shape index (κ2) is 6.39. The van der Waals surface area contributed by atoms with Crippen molar-refractivity contribution in [3.05, 3.63) is 34.9 Å². The highest BCUT2D eigenvalue weighted by molar-refractivity contribution is 5.37. The standard InChI is InChI=1S/C17H24N2O/c1-13-5-7-17(12-20,8-6-13)19-11-16-4-3-15(10-18)9-14(16)2/h3-4,9,13,19-20H,5-8,11-12H2,1-2H3. The average molecular weight is 272 g/mol. The normalized spacial score (nSPS) is 26.2. The average Bonchev–Trinajstić information content (AvgIpc) is 2.48. The van der Waals surface area contributed by atoms with E-state index in [9.17, 15) is 5.11 Å². The van der Waals surface area contributed by atoms with Crippen LogP contribution in [0.4, 0.5) is 0 Å². The molecule has 20 heavy (non-hydrogen) atoms. The molecule has 2 rings (SSSR count). The summed E-state index contributed by atoms with van der Waals surface area (Å²) in [6.07, 6.45) is 4.44. The van der Waals surface area contributed by atoms with Gasteiger partial charge < -0.3 is 10.4 Å². The van der Waals surface area contributed by atoms with E-state index in [2.05, 4.69) is 18.3 Å². The number of aryl methyl sites for hydroxylation is 1. The van der Waals surface area contributed by atoms with Gasteiger partial charge in [-0.1, -0.05) is 13.0 Å². The van der Waals surface area contributed by atoms with Crippen LogP contribution in [-0.2, 0) is 6.54 Å². The van der Waals surface area contributed by atoms with Crippen LogP contribution >= 0.6 is 0 Å². The number of hydrogen-bond acceptors (Lipinski definition) is 3. The van der Waals surface area contributed by atoms with Gasteiger partial charge in [0, 0.05) is 12.1 Å². The Hall–Kier alpha value is -1.37. The monoisotopic (exact) mass is 272 g/mol. The minimum atomic E-state index is -0.118. The Morgan fingerprint density at radius 2 is 2.10 bits per heavy atom. The van der Waals surface area contributed by atoms with Crippen molar-refractivity contribution in [2.24, 2.45) is 5.92 Å². The second-order valence-electron chi connectivity index (χ2n) is 6.23. The lowest BCUT2D eigenvalue weighted by molar-refractivity contribution is 0.104. The van der Waals surface area contributed by atoms with Gasteiger partial charge in [0.15, 0.2) is 0 Å². The number of rotatable bonds is 4. The number of aliphatic hydroxyl groups is 1. The predicted octanol–water partition coefficient (Wildman–Crippen LogP) is 2.90. The van der Waals surface area contributed by atoms with E-state index in [1.165, 1.54) is 18.4 Å². The Kier molecular flexibility index (Phi) is 4.80. The van der Waals surface area contributed by atoms with Gasteiger partial charge in [-0.05, 0) is 61.8 Å². The molecule has 0 aliphatic heterocycles. The van der Waals surface area contributed by atoms with E-state index >= 15 is 0 Å². The molecule has 108 valence electrons. The second-order valence-corrected chi connectivity index (χ2v) is 6.23. The molecular weight excluding hydrogens is 248 g/mol. The van der Waals surface area contributed by atoms with Crippen molar-refractivity contribution in [1.29, 1.82) is 5.26 Å². The lowest BCUT2D eigenvalue weighted by Gasteiger charge is -2.39. The van der Waals surface area contributed by atoms with Crippen molar-refractivity contribution in [3.63, 3.8) is 0 Å². The van der Waals surface area contributed by atoms with Crippen LogP contribution in [0.2, 0.25) is 0 Å². The zero-order valence-electron chi connectivity index (χ0n) is 12.4. The molecular formula is C17H24N2O. The molecule has 0 unspecified atom stereocenters. The fourth-order valence-corrected chi connectivity index (χ4v) is 2.95. The molecule has 0 saturated heterocycles. The smallest absolute Gasteiger partial charge is 0.0991 e. The molecule has 0 aromatic heterocycles. The van der Waals surface area contributed by atoms with E-state index in [0.29, 0.717) is 5.56 Å². The molecule has 0 radical (unpaired) electrons. The van der Waals surface area contributed by atoms with Gasteiger partial charge in [-0.2, -0.15) is 5.26 Å². The molecule has 0 atom stereocenters. The number of nitriles is 1. The summed E-state index contributed by atoms with van der Waals surface area (Å²) in [7, 11) is 0. The lowest BCUT2D eigenvalue weighted by atomic mass is 9.77. The third-order valence-electron chi connectivity index (χ3n) is 4.66. The maximum absolute atomic E-state index is 9.75. The zero-order chi connectivity index (χ0) is 14.6. The molecule has 1 aromatic rings. The summed E-state index contributed by atoms with van der Waals surface area (Å²) in [5, 5.41) is 22.2. The third kappa shape index (κ3) is 3.39. The Balaban J connectivity index is 2.02. The number of benzene rings is 1. The molecule has 3 nitrogen and oxygen atoms in total. The van der Waals surface area contributed by atoms with Crippen LogP contribution in [0.3, 0.4) is 0 Å². The first-order chi connectivity index (χ1) is 9.58. The van der Waals surface area contributed by atoms with Crippen molar-refractivity contribution in [2.75, 3.05) is 6.61 Å². The molecule has 1 aliphatic rings. The van der Waals surface area contributed by atoms with Crippen LogP contribution in [0.15, 0.2) is 18.2 Å². The van der Waals surface area contributed by atoms with E-state index in [1.54, 1.807) is 0 Å². The van der Waals surface area contributed by atoms with Gasteiger partial charge in [-0.15, -0.1) is 0 Å². The maximum atomic E-state index is 9.75. The highest BCUT2D eigenvalue weighted by Crippen LogP contribution is 2.32. The Morgan fingerprint density at radius 1 is 1.40 bits per heavy atom. The Morgan fingerprint density at radius 3 is 2.65 bits per heavy atom. The summed E-state index contributed by atoms with van der Waals surface area (Å²) in [5.41, 5.74) is 2.92. The van der Waals surface area contributed by atoms with Gasteiger partial charge in [-0.3, -0.25) is 0 Å². The minimum absolute atomic E-state index is 0.118. The molecule has 0 amide bonds. The van der Waals surface area contributed by atoms with Gasteiger partial charge >= 0.3 is 0 Å². The number of aliphatic hydroxyl groups excluding tert-OH is 1. The first-order valence-electron chi connectivity index (χ1n) is 7.44.